The second kappa shape index (κ2) is 12.7. The highest BCUT2D eigenvalue weighted by molar-refractivity contribution is 6.10. The van der Waals surface area contributed by atoms with Crippen LogP contribution in [0.4, 0.5) is 17.1 Å². The van der Waals surface area contributed by atoms with Crippen LogP contribution in [-0.4, -0.2) is 4.57 Å². The van der Waals surface area contributed by atoms with E-state index in [4.69, 9.17) is 0 Å². The van der Waals surface area contributed by atoms with Crippen LogP contribution in [0.15, 0.2) is 212 Å². The van der Waals surface area contributed by atoms with Gasteiger partial charge >= 0.3 is 0 Å². The van der Waals surface area contributed by atoms with Gasteiger partial charge in [0, 0.05) is 33.5 Å². The Labute approximate surface area is 327 Å². The maximum Gasteiger partial charge on any atom is 0.0716 e. The van der Waals surface area contributed by atoms with Gasteiger partial charge in [-0.2, -0.15) is 0 Å². The van der Waals surface area contributed by atoms with Gasteiger partial charge in [0.2, 0.25) is 0 Å². The minimum absolute atomic E-state index is 0.507. The van der Waals surface area contributed by atoms with Gasteiger partial charge in [0.25, 0.3) is 0 Å². The maximum absolute atomic E-state index is 2.47. The smallest absolute Gasteiger partial charge is 0.0716 e. The first-order valence-electron chi connectivity index (χ1n) is 19.4. The third-order valence-corrected chi connectivity index (χ3v) is 11.9. The van der Waals surface area contributed by atoms with Crippen LogP contribution < -0.4 is 4.90 Å². The van der Waals surface area contributed by atoms with E-state index in [0.29, 0.717) is 0 Å². The topological polar surface area (TPSA) is 8.17 Å². The minimum Gasteiger partial charge on any atom is -0.310 e. The van der Waals surface area contributed by atoms with E-state index in [1.807, 2.05) is 0 Å². The lowest BCUT2D eigenvalue weighted by Gasteiger charge is -2.35. The Kier molecular flexibility index (Phi) is 7.33. The summed E-state index contributed by atoms with van der Waals surface area (Å²) in [5, 5.41) is 4.92. The van der Waals surface area contributed by atoms with Gasteiger partial charge in [-0.25, -0.2) is 0 Å². The molecule has 0 atom stereocenters. The Balaban J connectivity index is 1.21. The molecule has 1 aliphatic carbocycles. The molecule has 1 aromatic heterocycles. The molecule has 0 saturated heterocycles. The Hall–Kier alpha value is -7.16. The number of hydrogen-bond donors (Lipinski definition) is 0. The zero-order valence-corrected chi connectivity index (χ0v) is 31.1. The third kappa shape index (κ3) is 4.76. The number of para-hydroxylation sites is 2. The Morgan fingerprint density at radius 1 is 0.411 bits per heavy atom. The van der Waals surface area contributed by atoms with Crippen LogP contribution in [0.1, 0.15) is 27.8 Å². The Bertz CT molecular complexity index is 3050. The van der Waals surface area contributed by atoms with Crippen molar-refractivity contribution in [2.75, 3.05) is 4.90 Å². The molecule has 0 bridgehead atoms. The van der Waals surface area contributed by atoms with E-state index in [1.165, 1.54) is 71.5 Å². The molecule has 264 valence electrons. The van der Waals surface area contributed by atoms with E-state index in [2.05, 4.69) is 229 Å². The molecular formula is C54H38N2. The first-order valence-corrected chi connectivity index (χ1v) is 19.4. The van der Waals surface area contributed by atoms with Crippen molar-refractivity contribution in [1.82, 2.24) is 4.57 Å². The van der Waals surface area contributed by atoms with Crippen molar-refractivity contribution in [3.05, 3.63) is 240 Å². The average Bonchev–Trinajstić information content (AvgIpc) is 3.76. The Morgan fingerprint density at radius 3 is 1.77 bits per heavy atom. The first-order chi connectivity index (χ1) is 27.7. The van der Waals surface area contributed by atoms with Crippen LogP contribution in [-0.2, 0) is 5.41 Å². The van der Waals surface area contributed by atoms with E-state index in [1.54, 1.807) is 0 Å². The van der Waals surface area contributed by atoms with E-state index in [-0.39, 0.29) is 0 Å². The van der Waals surface area contributed by atoms with Gasteiger partial charge in [-0.1, -0.05) is 158 Å². The SMILES string of the molecule is Cc1cccc2c1C(c1ccccc1)(c1ccccc1)c1cc(N(c3ccc4ccccc4c3)c3ccc4c5ccccc5n(-c5ccccc5)c4c3)ccc1-2. The van der Waals surface area contributed by atoms with Gasteiger partial charge in [0.05, 0.1) is 16.4 Å². The molecule has 0 amide bonds. The second-order valence-corrected chi connectivity index (χ2v) is 15.0. The van der Waals surface area contributed by atoms with Gasteiger partial charge in [-0.05, 0) is 111 Å². The summed E-state index contributed by atoms with van der Waals surface area (Å²) in [5.74, 6) is 0. The van der Waals surface area contributed by atoms with Crippen molar-refractivity contribution >= 4 is 49.6 Å². The van der Waals surface area contributed by atoms with Crippen LogP contribution in [0.5, 0.6) is 0 Å². The third-order valence-electron chi connectivity index (χ3n) is 11.9. The highest BCUT2D eigenvalue weighted by Gasteiger charge is 2.47. The molecule has 0 aliphatic heterocycles. The van der Waals surface area contributed by atoms with Gasteiger partial charge in [-0.3, -0.25) is 0 Å². The van der Waals surface area contributed by atoms with Gasteiger partial charge < -0.3 is 9.47 Å². The number of fused-ring (bicyclic) bond motifs is 7. The van der Waals surface area contributed by atoms with Crippen molar-refractivity contribution in [2.24, 2.45) is 0 Å². The number of rotatable bonds is 6. The van der Waals surface area contributed by atoms with E-state index >= 15 is 0 Å². The predicted molar refractivity (Wildman–Crippen MR) is 235 cm³/mol. The molecule has 2 nitrogen and oxygen atoms in total. The lowest BCUT2D eigenvalue weighted by molar-refractivity contribution is 0.762. The molecule has 1 aliphatic rings. The highest BCUT2D eigenvalue weighted by Crippen LogP contribution is 2.58. The molecule has 0 fully saturated rings. The van der Waals surface area contributed by atoms with Gasteiger partial charge in [0.1, 0.15) is 0 Å². The molecule has 56 heavy (non-hydrogen) atoms. The quantitative estimate of drug-likeness (QED) is 0.166. The fourth-order valence-electron chi connectivity index (χ4n) is 9.60. The predicted octanol–water partition coefficient (Wildman–Crippen LogP) is 14.1. The number of benzene rings is 9. The summed E-state index contributed by atoms with van der Waals surface area (Å²) >= 11 is 0. The maximum atomic E-state index is 2.47. The lowest BCUT2D eigenvalue weighted by Crippen LogP contribution is -2.29. The monoisotopic (exact) mass is 714 g/mol. The molecule has 2 heteroatoms. The molecule has 0 unspecified atom stereocenters. The molecule has 0 N–H and O–H groups in total. The summed E-state index contributed by atoms with van der Waals surface area (Å²) in [4.78, 5) is 2.45. The number of anilines is 3. The normalized spacial score (nSPS) is 12.9. The average molecular weight is 715 g/mol. The fraction of sp³-hybridized carbons (Fsp3) is 0.0370. The molecule has 10 aromatic rings. The summed E-state index contributed by atoms with van der Waals surface area (Å²) in [7, 11) is 0. The number of aryl methyl sites for hydroxylation is 1. The van der Waals surface area contributed by atoms with E-state index < -0.39 is 5.41 Å². The van der Waals surface area contributed by atoms with Crippen molar-refractivity contribution in [3.63, 3.8) is 0 Å². The second-order valence-electron chi connectivity index (χ2n) is 15.0. The van der Waals surface area contributed by atoms with Crippen LogP contribution in [0, 0.1) is 6.92 Å². The lowest BCUT2D eigenvalue weighted by atomic mass is 9.66. The van der Waals surface area contributed by atoms with Crippen LogP contribution >= 0.6 is 0 Å². The molecule has 11 rings (SSSR count). The fourth-order valence-corrected chi connectivity index (χ4v) is 9.60. The summed E-state index contributed by atoms with van der Waals surface area (Å²) in [6.07, 6.45) is 0. The summed E-state index contributed by atoms with van der Waals surface area (Å²) in [6.45, 7) is 2.27. The summed E-state index contributed by atoms with van der Waals surface area (Å²) in [6, 6.07) is 78.1. The molecule has 9 aromatic carbocycles. The standard InChI is InChI=1S/C54H38N2/c1-37-16-15-26-49-46-32-30-44(35-50(46)54(53(37)49,40-19-5-2-6-20-40)41-21-7-3-8-22-41)55(43-29-28-38-17-11-12-18-39(38)34-43)45-31-33-48-47-25-13-14-27-51(47)56(52(48)36-45)42-23-9-4-10-24-42/h2-36H,1H3. The number of aromatic nitrogens is 1. The first kappa shape index (κ1) is 32.3. The largest absolute Gasteiger partial charge is 0.310 e. The summed E-state index contributed by atoms with van der Waals surface area (Å²) < 4.78 is 2.41. The van der Waals surface area contributed by atoms with Crippen molar-refractivity contribution in [3.8, 4) is 16.8 Å². The zero-order valence-electron chi connectivity index (χ0n) is 31.1. The van der Waals surface area contributed by atoms with Gasteiger partial charge in [-0.15, -0.1) is 0 Å². The molecule has 0 radical (unpaired) electrons. The highest BCUT2D eigenvalue weighted by atomic mass is 15.1. The van der Waals surface area contributed by atoms with Crippen molar-refractivity contribution < 1.29 is 0 Å². The van der Waals surface area contributed by atoms with Crippen LogP contribution in [0.2, 0.25) is 0 Å². The minimum atomic E-state index is -0.507. The molecule has 0 spiro atoms. The van der Waals surface area contributed by atoms with E-state index in [0.717, 1.165) is 22.7 Å². The number of hydrogen-bond acceptors (Lipinski definition) is 1. The molecule has 0 saturated carbocycles. The van der Waals surface area contributed by atoms with Crippen molar-refractivity contribution in [2.45, 2.75) is 12.3 Å². The summed E-state index contributed by atoms with van der Waals surface area (Å²) in [5.41, 5.74) is 15.4. The number of nitrogens with zero attached hydrogens (tertiary/aromatic N) is 2. The Morgan fingerprint density at radius 2 is 1.00 bits per heavy atom. The van der Waals surface area contributed by atoms with Crippen molar-refractivity contribution in [1.29, 1.82) is 0 Å². The van der Waals surface area contributed by atoms with Gasteiger partial charge in [0.15, 0.2) is 0 Å². The van der Waals surface area contributed by atoms with E-state index in [9.17, 15) is 0 Å². The van der Waals surface area contributed by atoms with Crippen LogP contribution in [0.25, 0.3) is 49.4 Å². The molecule has 1 heterocycles. The van der Waals surface area contributed by atoms with Crippen LogP contribution in [0.3, 0.4) is 0 Å². The molecular weight excluding hydrogens is 677 g/mol. The zero-order chi connectivity index (χ0) is 37.2.